The van der Waals surface area contributed by atoms with Gasteiger partial charge in [0.05, 0.1) is 4.90 Å². The van der Waals surface area contributed by atoms with Gasteiger partial charge in [0.25, 0.3) is 0 Å². The molecule has 0 aliphatic carbocycles. The van der Waals surface area contributed by atoms with Crippen LogP contribution < -0.4 is 5.32 Å². The quantitative estimate of drug-likeness (QED) is 0.837. The number of nitrogens with one attached hydrogen (secondary N) is 1. The Morgan fingerprint density at radius 2 is 2.00 bits per heavy atom. The Bertz CT molecular complexity index is 605. The summed E-state index contributed by atoms with van der Waals surface area (Å²) in [6.07, 6.45) is 1.74. The lowest BCUT2D eigenvalue weighted by Crippen LogP contribution is -2.40. The third-order valence-corrected chi connectivity index (χ3v) is 5.84. The second kappa shape index (κ2) is 6.68. The summed E-state index contributed by atoms with van der Waals surface area (Å²) < 4.78 is 26.8. The SMILES string of the molecule is CNCC1CCN(S(=O)(=O)c2cccc(C(C)=O)c2)CC1. The van der Waals surface area contributed by atoms with E-state index in [-0.39, 0.29) is 10.7 Å². The van der Waals surface area contributed by atoms with Crippen LogP contribution in [0.15, 0.2) is 29.2 Å². The van der Waals surface area contributed by atoms with E-state index in [0.29, 0.717) is 24.6 Å². The molecular formula is C15H22N2O3S. The second-order valence-corrected chi connectivity index (χ2v) is 7.43. The predicted molar refractivity (Wildman–Crippen MR) is 81.9 cm³/mol. The molecule has 0 aromatic heterocycles. The third-order valence-electron chi connectivity index (χ3n) is 3.94. The number of piperidine rings is 1. The van der Waals surface area contributed by atoms with E-state index in [4.69, 9.17) is 0 Å². The molecule has 1 saturated heterocycles. The van der Waals surface area contributed by atoms with Crippen LogP contribution in [0.25, 0.3) is 0 Å². The number of carbonyl (C=O) groups excluding carboxylic acids is 1. The summed E-state index contributed by atoms with van der Waals surface area (Å²) in [7, 11) is -1.58. The zero-order valence-corrected chi connectivity index (χ0v) is 13.3. The number of Topliss-reactive ketones (excluding diaryl/α,β-unsaturated/α-hetero) is 1. The lowest BCUT2D eigenvalue weighted by Gasteiger charge is -2.31. The van der Waals surface area contributed by atoms with Gasteiger partial charge in [0.2, 0.25) is 10.0 Å². The standard InChI is InChI=1S/C15H22N2O3S/c1-12(18)14-4-3-5-15(10-14)21(19,20)17-8-6-13(7-9-17)11-16-2/h3-5,10,13,16H,6-9,11H2,1-2H3. The summed E-state index contributed by atoms with van der Waals surface area (Å²) in [6.45, 7) is 3.45. The molecule has 1 fully saturated rings. The molecule has 1 N–H and O–H groups in total. The maximum absolute atomic E-state index is 12.6. The van der Waals surface area contributed by atoms with Gasteiger partial charge in [-0.25, -0.2) is 8.42 Å². The zero-order chi connectivity index (χ0) is 15.5. The first-order valence-corrected chi connectivity index (χ1v) is 8.65. The first-order chi connectivity index (χ1) is 9.95. The molecular weight excluding hydrogens is 288 g/mol. The van der Waals surface area contributed by atoms with Crippen LogP contribution in [0.4, 0.5) is 0 Å². The lowest BCUT2D eigenvalue weighted by molar-refractivity contribution is 0.101. The molecule has 5 nitrogen and oxygen atoms in total. The van der Waals surface area contributed by atoms with Crippen LogP contribution in [0.3, 0.4) is 0 Å². The molecule has 0 bridgehead atoms. The number of ketones is 1. The molecule has 6 heteroatoms. The minimum absolute atomic E-state index is 0.125. The molecule has 2 rings (SSSR count). The van der Waals surface area contributed by atoms with Crippen molar-refractivity contribution >= 4 is 15.8 Å². The smallest absolute Gasteiger partial charge is 0.243 e. The van der Waals surface area contributed by atoms with Crippen molar-refractivity contribution in [1.29, 1.82) is 0 Å². The average Bonchev–Trinajstić information content (AvgIpc) is 2.48. The van der Waals surface area contributed by atoms with Crippen LogP contribution in [-0.4, -0.2) is 45.2 Å². The van der Waals surface area contributed by atoms with Crippen molar-refractivity contribution in [3.05, 3.63) is 29.8 Å². The van der Waals surface area contributed by atoms with Gasteiger partial charge >= 0.3 is 0 Å². The number of hydrogen-bond donors (Lipinski definition) is 1. The monoisotopic (exact) mass is 310 g/mol. The Morgan fingerprint density at radius 1 is 1.33 bits per heavy atom. The molecule has 0 amide bonds. The minimum atomic E-state index is -3.50. The molecule has 1 heterocycles. The Morgan fingerprint density at radius 3 is 2.57 bits per heavy atom. The zero-order valence-electron chi connectivity index (χ0n) is 12.5. The highest BCUT2D eigenvalue weighted by Crippen LogP contribution is 2.24. The highest BCUT2D eigenvalue weighted by atomic mass is 32.2. The Balaban J connectivity index is 2.16. The first-order valence-electron chi connectivity index (χ1n) is 7.21. The molecule has 1 aromatic carbocycles. The fraction of sp³-hybridized carbons (Fsp3) is 0.533. The fourth-order valence-electron chi connectivity index (χ4n) is 2.67. The van der Waals surface area contributed by atoms with E-state index in [0.717, 1.165) is 19.4 Å². The van der Waals surface area contributed by atoms with Crippen molar-refractivity contribution in [2.75, 3.05) is 26.7 Å². The molecule has 21 heavy (non-hydrogen) atoms. The van der Waals surface area contributed by atoms with Crippen LogP contribution >= 0.6 is 0 Å². The number of nitrogens with zero attached hydrogens (tertiary/aromatic N) is 1. The Hall–Kier alpha value is -1.24. The second-order valence-electron chi connectivity index (χ2n) is 5.49. The van der Waals surface area contributed by atoms with Crippen molar-refractivity contribution in [2.24, 2.45) is 5.92 Å². The van der Waals surface area contributed by atoms with E-state index in [2.05, 4.69) is 5.32 Å². The molecule has 0 spiro atoms. The molecule has 0 radical (unpaired) electrons. The van der Waals surface area contributed by atoms with Gasteiger partial charge in [0.1, 0.15) is 0 Å². The van der Waals surface area contributed by atoms with Gasteiger partial charge in [-0.1, -0.05) is 12.1 Å². The van der Waals surface area contributed by atoms with Crippen molar-refractivity contribution in [1.82, 2.24) is 9.62 Å². The van der Waals surface area contributed by atoms with Crippen LogP contribution in [0.5, 0.6) is 0 Å². The van der Waals surface area contributed by atoms with Crippen molar-refractivity contribution < 1.29 is 13.2 Å². The summed E-state index contributed by atoms with van der Waals surface area (Å²) >= 11 is 0. The van der Waals surface area contributed by atoms with E-state index in [1.54, 1.807) is 18.2 Å². The average molecular weight is 310 g/mol. The van der Waals surface area contributed by atoms with Crippen LogP contribution in [0.1, 0.15) is 30.1 Å². The van der Waals surface area contributed by atoms with E-state index in [1.165, 1.54) is 17.3 Å². The van der Waals surface area contributed by atoms with E-state index < -0.39 is 10.0 Å². The van der Waals surface area contributed by atoms with Gasteiger partial charge in [-0.15, -0.1) is 0 Å². The maximum Gasteiger partial charge on any atom is 0.243 e. The van der Waals surface area contributed by atoms with Gasteiger partial charge in [0, 0.05) is 18.7 Å². The molecule has 116 valence electrons. The molecule has 0 unspecified atom stereocenters. The van der Waals surface area contributed by atoms with Gasteiger partial charge in [0.15, 0.2) is 5.78 Å². The highest BCUT2D eigenvalue weighted by Gasteiger charge is 2.29. The van der Waals surface area contributed by atoms with Crippen LogP contribution in [-0.2, 0) is 10.0 Å². The first kappa shape index (κ1) is 16.1. The Kier molecular flexibility index (Phi) is 5.13. The summed E-state index contributed by atoms with van der Waals surface area (Å²) in [4.78, 5) is 11.6. The molecule has 1 aromatic rings. The van der Waals surface area contributed by atoms with Crippen molar-refractivity contribution in [2.45, 2.75) is 24.7 Å². The molecule has 0 atom stereocenters. The minimum Gasteiger partial charge on any atom is -0.319 e. The number of rotatable bonds is 5. The lowest BCUT2D eigenvalue weighted by atomic mass is 9.98. The van der Waals surface area contributed by atoms with E-state index in [1.807, 2.05) is 7.05 Å². The van der Waals surface area contributed by atoms with Gasteiger partial charge in [-0.2, -0.15) is 4.31 Å². The molecule has 0 saturated carbocycles. The third kappa shape index (κ3) is 3.70. The van der Waals surface area contributed by atoms with Gasteiger partial charge in [-0.05, 0) is 51.4 Å². The van der Waals surface area contributed by atoms with Crippen molar-refractivity contribution in [3.63, 3.8) is 0 Å². The van der Waals surface area contributed by atoms with Crippen molar-refractivity contribution in [3.8, 4) is 0 Å². The summed E-state index contributed by atoms with van der Waals surface area (Å²) in [5.41, 5.74) is 0.432. The predicted octanol–water partition coefficient (Wildman–Crippen LogP) is 1.51. The topological polar surface area (TPSA) is 66.5 Å². The number of benzene rings is 1. The highest BCUT2D eigenvalue weighted by molar-refractivity contribution is 7.89. The molecule has 1 aliphatic heterocycles. The number of carbonyl (C=O) groups is 1. The summed E-state index contributed by atoms with van der Waals surface area (Å²) in [6, 6.07) is 6.29. The summed E-state index contributed by atoms with van der Waals surface area (Å²) in [5, 5.41) is 3.14. The van der Waals surface area contributed by atoms with Crippen LogP contribution in [0, 0.1) is 5.92 Å². The fourth-order valence-corrected chi connectivity index (χ4v) is 4.18. The number of hydrogen-bond acceptors (Lipinski definition) is 4. The normalized spacial score (nSPS) is 17.8. The van der Waals surface area contributed by atoms with E-state index in [9.17, 15) is 13.2 Å². The Labute approximate surface area is 126 Å². The maximum atomic E-state index is 12.6. The van der Waals surface area contributed by atoms with Gasteiger partial charge < -0.3 is 5.32 Å². The van der Waals surface area contributed by atoms with E-state index >= 15 is 0 Å². The largest absolute Gasteiger partial charge is 0.319 e. The van der Waals surface area contributed by atoms with Crippen LogP contribution in [0.2, 0.25) is 0 Å². The molecule has 1 aliphatic rings. The summed E-state index contributed by atoms with van der Waals surface area (Å²) in [5.74, 6) is 0.407. The number of sulfonamides is 1. The van der Waals surface area contributed by atoms with Gasteiger partial charge in [-0.3, -0.25) is 4.79 Å².